The normalized spacial score (nSPS) is 11.2. The van der Waals surface area contributed by atoms with Crippen LogP contribution in [0.25, 0.3) is 6.08 Å². The molecule has 4 heteroatoms. The summed E-state index contributed by atoms with van der Waals surface area (Å²) in [6.07, 6.45) is 4.63. The van der Waals surface area contributed by atoms with E-state index in [2.05, 4.69) is 18.8 Å². The van der Waals surface area contributed by atoms with Gasteiger partial charge in [0.05, 0.1) is 6.61 Å². The van der Waals surface area contributed by atoms with Crippen molar-refractivity contribution in [2.45, 2.75) is 33.6 Å². The average molecular weight is 263 g/mol. The lowest BCUT2D eigenvalue weighted by molar-refractivity contribution is -0.131. The molecule has 0 amide bonds. The molecule has 0 aliphatic rings. The van der Waals surface area contributed by atoms with Crippen molar-refractivity contribution in [1.82, 2.24) is 4.98 Å². The Hall–Kier alpha value is -1.84. The molecule has 1 aromatic rings. The highest BCUT2D eigenvalue weighted by Gasteiger charge is 2.04. The predicted octanol–water partition coefficient (Wildman–Crippen LogP) is 3.30. The molecule has 0 bridgehead atoms. The fourth-order valence-corrected chi connectivity index (χ4v) is 1.63. The molecular weight excluding hydrogens is 242 g/mol. The molecule has 0 saturated heterocycles. The number of carbonyl (C=O) groups is 1. The molecule has 4 nitrogen and oxygen atoms in total. The molecule has 0 spiro atoms. The van der Waals surface area contributed by atoms with Gasteiger partial charge in [-0.3, -0.25) is 0 Å². The molecule has 1 rings (SSSR count). The van der Waals surface area contributed by atoms with Crippen LogP contribution in [0.5, 0.6) is 5.75 Å². The van der Waals surface area contributed by atoms with E-state index in [-0.39, 0.29) is 0 Å². The summed E-state index contributed by atoms with van der Waals surface area (Å²) in [6.45, 7) is 6.83. The predicted molar refractivity (Wildman–Crippen MR) is 75.2 cm³/mol. The lowest BCUT2D eigenvalue weighted by Crippen LogP contribution is -2.02. The maximum absolute atomic E-state index is 10.5. The van der Waals surface area contributed by atoms with Gasteiger partial charge in [0.2, 0.25) is 0 Å². The summed E-state index contributed by atoms with van der Waals surface area (Å²) in [5.41, 5.74) is 1.39. The quantitative estimate of drug-likeness (QED) is 0.605. The second-order valence-corrected chi connectivity index (χ2v) is 4.89. The molecule has 0 atom stereocenters. The Morgan fingerprint density at radius 1 is 1.47 bits per heavy atom. The Bertz CT molecular complexity index is 453. The first-order valence-electron chi connectivity index (χ1n) is 6.50. The summed E-state index contributed by atoms with van der Waals surface area (Å²) in [5.74, 6) is 0.298. The van der Waals surface area contributed by atoms with Crippen molar-refractivity contribution >= 4 is 12.0 Å². The van der Waals surface area contributed by atoms with Gasteiger partial charge in [-0.25, -0.2) is 9.78 Å². The number of pyridine rings is 1. The van der Waals surface area contributed by atoms with Gasteiger partial charge >= 0.3 is 5.97 Å². The highest BCUT2D eigenvalue weighted by atomic mass is 16.5. The molecule has 0 aliphatic heterocycles. The van der Waals surface area contributed by atoms with Crippen molar-refractivity contribution in [3.05, 3.63) is 29.6 Å². The lowest BCUT2D eigenvalue weighted by atomic mass is 10.1. The zero-order valence-corrected chi connectivity index (χ0v) is 11.7. The molecular formula is C15H21NO3. The molecule has 0 fully saturated rings. The number of carboxylic acids is 1. The van der Waals surface area contributed by atoms with Gasteiger partial charge in [-0.2, -0.15) is 0 Å². The third-order valence-corrected chi connectivity index (χ3v) is 2.59. The van der Waals surface area contributed by atoms with Gasteiger partial charge < -0.3 is 9.84 Å². The number of nitrogens with zero attached hydrogens (tertiary/aromatic N) is 1. The van der Waals surface area contributed by atoms with Crippen LogP contribution in [0.4, 0.5) is 0 Å². The fourth-order valence-electron chi connectivity index (χ4n) is 1.63. The standard InChI is InChI=1S/C15H21NO3/c1-11(2)5-4-10-19-14-8-6-12(3)16-13(14)7-9-15(17)18/h6-9,11H,4-5,10H2,1-3H3,(H,17,18)/b9-7+. The number of hydrogen-bond acceptors (Lipinski definition) is 3. The molecule has 1 aromatic heterocycles. The molecule has 1 N–H and O–H groups in total. The molecule has 104 valence electrons. The van der Waals surface area contributed by atoms with E-state index in [1.165, 1.54) is 6.08 Å². The Balaban J connectivity index is 2.68. The van der Waals surface area contributed by atoms with Crippen LogP contribution in [0.3, 0.4) is 0 Å². The van der Waals surface area contributed by atoms with Crippen molar-refractivity contribution in [3.8, 4) is 5.75 Å². The smallest absolute Gasteiger partial charge is 0.328 e. The number of rotatable bonds is 7. The van der Waals surface area contributed by atoms with E-state index in [1.807, 2.05) is 19.1 Å². The van der Waals surface area contributed by atoms with Gasteiger partial charge in [-0.05, 0) is 43.9 Å². The van der Waals surface area contributed by atoms with Crippen molar-refractivity contribution in [2.75, 3.05) is 6.61 Å². The number of hydrogen-bond donors (Lipinski definition) is 1. The van der Waals surface area contributed by atoms with Crippen molar-refractivity contribution in [3.63, 3.8) is 0 Å². The van der Waals surface area contributed by atoms with E-state index in [4.69, 9.17) is 9.84 Å². The van der Waals surface area contributed by atoms with Crippen LogP contribution < -0.4 is 4.74 Å². The summed E-state index contributed by atoms with van der Waals surface area (Å²) in [5, 5.41) is 8.65. The van der Waals surface area contributed by atoms with Crippen LogP contribution in [0.1, 0.15) is 38.1 Å². The molecule has 0 aliphatic carbocycles. The second-order valence-electron chi connectivity index (χ2n) is 4.89. The highest BCUT2D eigenvalue weighted by Crippen LogP contribution is 2.19. The minimum Gasteiger partial charge on any atom is -0.491 e. The summed E-state index contributed by atoms with van der Waals surface area (Å²) < 4.78 is 5.67. The van der Waals surface area contributed by atoms with E-state index >= 15 is 0 Å². The number of ether oxygens (including phenoxy) is 1. The van der Waals surface area contributed by atoms with Crippen LogP contribution in [0.2, 0.25) is 0 Å². The fraction of sp³-hybridized carbons (Fsp3) is 0.467. The molecule has 1 heterocycles. The largest absolute Gasteiger partial charge is 0.491 e. The Morgan fingerprint density at radius 2 is 2.21 bits per heavy atom. The number of aliphatic carboxylic acids is 1. The van der Waals surface area contributed by atoms with Crippen LogP contribution >= 0.6 is 0 Å². The van der Waals surface area contributed by atoms with Crippen molar-refractivity contribution in [2.24, 2.45) is 5.92 Å². The van der Waals surface area contributed by atoms with Gasteiger partial charge in [0.15, 0.2) is 0 Å². The molecule has 0 radical (unpaired) electrons. The maximum atomic E-state index is 10.5. The highest BCUT2D eigenvalue weighted by molar-refractivity contribution is 5.85. The monoisotopic (exact) mass is 263 g/mol. The van der Waals surface area contributed by atoms with E-state index in [0.717, 1.165) is 24.6 Å². The van der Waals surface area contributed by atoms with Gasteiger partial charge in [-0.15, -0.1) is 0 Å². The first-order chi connectivity index (χ1) is 8.99. The van der Waals surface area contributed by atoms with Gasteiger partial charge in [0.1, 0.15) is 11.4 Å². The van der Waals surface area contributed by atoms with E-state index in [1.54, 1.807) is 0 Å². The van der Waals surface area contributed by atoms with Gasteiger partial charge in [0, 0.05) is 11.8 Å². The minimum absolute atomic E-state index is 0.562. The lowest BCUT2D eigenvalue weighted by Gasteiger charge is -2.10. The van der Waals surface area contributed by atoms with E-state index < -0.39 is 5.97 Å². The zero-order valence-electron chi connectivity index (χ0n) is 11.7. The van der Waals surface area contributed by atoms with Gasteiger partial charge in [0.25, 0.3) is 0 Å². The summed E-state index contributed by atoms with van der Waals surface area (Å²) >= 11 is 0. The number of carboxylic acid groups (broad SMARTS) is 1. The molecule has 0 aromatic carbocycles. The van der Waals surface area contributed by atoms with Crippen LogP contribution in [0.15, 0.2) is 18.2 Å². The maximum Gasteiger partial charge on any atom is 0.328 e. The van der Waals surface area contributed by atoms with Crippen LogP contribution in [-0.2, 0) is 4.79 Å². The van der Waals surface area contributed by atoms with Gasteiger partial charge in [-0.1, -0.05) is 13.8 Å². The first-order valence-corrected chi connectivity index (χ1v) is 6.50. The Morgan fingerprint density at radius 3 is 2.84 bits per heavy atom. The summed E-state index contributed by atoms with van der Waals surface area (Å²) in [7, 11) is 0. The first kappa shape index (κ1) is 15.2. The SMILES string of the molecule is Cc1ccc(OCCCC(C)C)c(/C=C/C(=O)O)n1. The van der Waals surface area contributed by atoms with E-state index in [9.17, 15) is 4.79 Å². The third-order valence-electron chi connectivity index (χ3n) is 2.59. The topological polar surface area (TPSA) is 59.4 Å². The van der Waals surface area contributed by atoms with Crippen molar-refractivity contribution < 1.29 is 14.6 Å². The average Bonchev–Trinajstić information content (AvgIpc) is 2.33. The molecule has 0 saturated carbocycles. The summed E-state index contributed by atoms with van der Waals surface area (Å²) in [4.78, 5) is 14.8. The molecule has 0 unspecified atom stereocenters. The van der Waals surface area contributed by atoms with Crippen LogP contribution in [-0.4, -0.2) is 22.7 Å². The molecule has 19 heavy (non-hydrogen) atoms. The Labute approximate surface area is 114 Å². The Kier molecular flexibility index (Phi) is 6.06. The number of aryl methyl sites for hydroxylation is 1. The van der Waals surface area contributed by atoms with Crippen LogP contribution in [0, 0.1) is 12.8 Å². The third kappa shape index (κ3) is 6.04. The second kappa shape index (κ2) is 7.56. The van der Waals surface area contributed by atoms with Crippen molar-refractivity contribution in [1.29, 1.82) is 0 Å². The van der Waals surface area contributed by atoms with E-state index in [0.29, 0.717) is 24.0 Å². The summed E-state index contributed by atoms with van der Waals surface area (Å²) in [6, 6.07) is 3.69. The number of aromatic nitrogens is 1. The zero-order chi connectivity index (χ0) is 14.3. The minimum atomic E-state index is -0.992.